The van der Waals surface area contributed by atoms with Crippen molar-refractivity contribution in [2.75, 3.05) is 19.0 Å². The summed E-state index contributed by atoms with van der Waals surface area (Å²) in [6.45, 7) is 1.83. The van der Waals surface area contributed by atoms with E-state index in [9.17, 15) is 5.11 Å². The Morgan fingerprint density at radius 2 is 1.80 bits per heavy atom. The first kappa shape index (κ1) is 11.7. The summed E-state index contributed by atoms with van der Waals surface area (Å²) in [5, 5.41) is 11.1. The quantitative estimate of drug-likeness (QED) is 0.808. The van der Waals surface area contributed by atoms with Crippen molar-refractivity contribution >= 4 is 11.8 Å². The van der Waals surface area contributed by atoms with Gasteiger partial charge in [-0.25, -0.2) is 0 Å². The highest BCUT2D eigenvalue weighted by atomic mass is 32.2. The van der Waals surface area contributed by atoms with Crippen LogP contribution in [0.5, 0.6) is 0 Å². The Balaban J connectivity index is 1.70. The van der Waals surface area contributed by atoms with Gasteiger partial charge in [0.1, 0.15) is 0 Å². The number of hydrogen-bond donors (Lipinski definition) is 1. The molecule has 0 unspecified atom stereocenters. The third-order valence-corrected chi connectivity index (χ3v) is 5.19. The zero-order valence-corrected chi connectivity index (χ0v) is 10.2. The van der Waals surface area contributed by atoms with E-state index in [1.54, 1.807) is 0 Å². The number of thioether (sulfide) groups is 1. The van der Waals surface area contributed by atoms with Crippen molar-refractivity contribution in [3.8, 4) is 0 Å². The van der Waals surface area contributed by atoms with E-state index in [-0.39, 0.29) is 5.60 Å². The zero-order valence-electron chi connectivity index (χ0n) is 9.41. The van der Waals surface area contributed by atoms with Gasteiger partial charge in [-0.05, 0) is 25.7 Å². The number of aliphatic hydroxyl groups is 1. The van der Waals surface area contributed by atoms with Crippen LogP contribution in [0.4, 0.5) is 0 Å². The van der Waals surface area contributed by atoms with Crippen molar-refractivity contribution in [2.24, 2.45) is 0 Å². The summed E-state index contributed by atoms with van der Waals surface area (Å²) in [7, 11) is 0. The van der Waals surface area contributed by atoms with E-state index in [0.717, 1.165) is 37.1 Å². The van der Waals surface area contributed by atoms with Crippen molar-refractivity contribution in [1.29, 1.82) is 0 Å². The van der Waals surface area contributed by atoms with Crippen molar-refractivity contribution in [1.82, 2.24) is 0 Å². The van der Waals surface area contributed by atoms with E-state index in [1.807, 2.05) is 11.8 Å². The molecule has 88 valence electrons. The minimum absolute atomic E-state index is 0.346. The van der Waals surface area contributed by atoms with Gasteiger partial charge in [0.15, 0.2) is 0 Å². The summed E-state index contributed by atoms with van der Waals surface area (Å²) in [6, 6.07) is 0. The smallest absolute Gasteiger partial charge is 0.0737 e. The van der Waals surface area contributed by atoms with E-state index >= 15 is 0 Å². The van der Waals surface area contributed by atoms with Gasteiger partial charge in [-0.2, -0.15) is 11.8 Å². The van der Waals surface area contributed by atoms with Crippen LogP contribution in [0.3, 0.4) is 0 Å². The molecule has 1 aliphatic carbocycles. The van der Waals surface area contributed by atoms with Gasteiger partial charge in [-0.1, -0.05) is 19.3 Å². The van der Waals surface area contributed by atoms with E-state index in [2.05, 4.69) is 0 Å². The summed E-state index contributed by atoms with van der Waals surface area (Å²) in [5.41, 5.74) is -0.346. The van der Waals surface area contributed by atoms with Crippen LogP contribution in [-0.4, -0.2) is 34.9 Å². The van der Waals surface area contributed by atoms with Crippen molar-refractivity contribution < 1.29 is 9.84 Å². The third kappa shape index (κ3) is 3.65. The molecule has 0 aromatic rings. The summed E-state index contributed by atoms with van der Waals surface area (Å²) in [6.07, 6.45) is 8.11. The molecule has 0 aromatic carbocycles. The molecule has 2 nitrogen and oxygen atoms in total. The molecule has 2 rings (SSSR count). The fraction of sp³-hybridized carbons (Fsp3) is 1.00. The molecule has 2 fully saturated rings. The van der Waals surface area contributed by atoms with E-state index in [0.29, 0.717) is 0 Å². The minimum Gasteiger partial charge on any atom is -0.389 e. The zero-order chi connectivity index (χ0) is 10.6. The maximum Gasteiger partial charge on any atom is 0.0737 e. The van der Waals surface area contributed by atoms with Gasteiger partial charge in [0.2, 0.25) is 0 Å². The lowest BCUT2D eigenvalue weighted by molar-refractivity contribution is 0.0269. The van der Waals surface area contributed by atoms with Crippen molar-refractivity contribution in [3.05, 3.63) is 0 Å². The molecule has 0 spiro atoms. The standard InChI is InChI=1S/C12H22O2S/c13-12(6-2-1-3-7-12)10-15-11-4-8-14-9-5-11/h11,13H,1-10H2. The first-order valence-corrected chi connectivity index (χ1v) is 7.25. The first-order chi connectivity index (χ1) is 7.29. The second kappa shape index (κ2) is 5.55. The monoisotopic (exact) mass is 230 g/mol. The lowest BCUT2D eigenvalue weighted by Gasteiger charge is -2.33. The Labute approximate surface area is 96.8 Å². The maximum atomic E-state index is 10.3. The largest absolute Gasteiger partial charge is 0.389 e. The maximum absolute atomic E-state index is 10.3. The Hall–Kier alpha value is 0.270. The SMILES string of the molecule is OC1(CSC2CCOCC2)CCCCC1. The summed E-state index contributed by atoms with van der Waals surface area (Å²) < 4.78 is 5.34. The highest BCUT2D eigenvalue weighted by Crippen LogP contribution is 2.34. The summed E-state index contributed by atoms with van der Waals surface area (Å²) >= 11 is 1.97. The first-order valence-electron chi connectivity index (χ1n) is 6.20. The molecule has 0 atom stereocenters. The number of rotatable bonds is 3. The molecule has 15 heavy (non-hydrogen) atoms. The van der Waals surface area contributed by atoms with Crippen molar-refractivity contribution in [3.63, 3.8) is 0 Å². The van der Waals surface area contributed by atoms with E-state index in [1.165, 1.54) is 32.1 Å². The predicted octanol–water partition coefficient (Wildman–Crippen LogP) is 2.59. The minimum atomic E-state index is -0.346. The molecule has 2 aliphatic rings. The Morgan fingerprint density at radius 1 is 1.13 bits per heavy atom. The van der Waals surface area contributed by atoms with Crippen LogP contribution in [0.25, 0.3) is 0 Å². The Kier molecular flexibility index (Phi) is 4.35. The van der Waals surface area contributed by atoms with Gasteiger partial charge in [0.25, 0.3) is 0 Å². The lowest BCUT2D eigenvalue weighted by atomic mass is 9.86. The van der Waals surface area contributed by atoms with Gasteiger partial charge in [-0.15, -0.1) is 0 Å². The van der Waals surface area contributed by atoms with Crippen LogP contribution < -0.4 is 0 Å². The fourth-order valence-corrected chi connectivity index (χ4v) is 3.83. The summed E-state index contributed by atoms with van der Waals surface area (Å²) in [4.78, 5) is 0. The molecule has 1 aliphatic heterocycles. The van der Waals surface area contributed by atoms with Gasteiger partial charge in [0.05, 0.1) is 5.60 Å². The fourth-order valence-electron chi connectivity index (χ4n) is 2.47. The molecule has 0 radical (unpaired) electrons. The van der Waals surface area contributed by atoms with Crippen LogP contribution in [0.15, 0.2) is 0 Å². The molecular weight excluding hydrogens is 208 g/mol. The average molecular weight is 230 g/mol. The predicted molar refractivity (Wildman–Crippen MR) is 64.3 cm³/mol. The molecule has 0 bridgehead atoms. The molecule has 1 N–H and O–H groups in total. The summed E-state index contributed by atoms with van der Waals surface area (Å²) in [5.74, 6) is 0.942. The van der Waals surface area contributed by atoms with E-state index in [4.69, 9.17) is 4.74 Å². The highest BCUT2D eigenvalue weighted by molar-refractivity contribution is 7.99. The lowest BCUT2D eigenvalue weighted by Crippen LogP contribution is -2.35. The van der Waals surface area contributed by atoms with Gasteiger partial charge in [-0.3, -0.25) is 0 Å². The molecule has 3 heteroatoms. The van der Waals surface area contributed by atoms with Crippen LogP contribution in [0.1, 0.15) is 44.9 Å². The van der Waals surface area contributed by atoms with E-state index < -0.39 is 0 Å². The number of hydrogen-bond acceptors (Lipinski definition) is 3. The molecule has 1 saturated heterocycles. The van der Waals surface area contributed by atoms with Crippen molar-refractivity contribution in [2.45, 2.75) is 55.8 Å². The van der Waals surface area contributed by atoms with Crippen LogP contribution in [-0.2, 0) is 4.74 Å². The average Bonchev–Trinajstić information content (AvgIpc) is 2.29. The number of ether oxygens (including phenoxy) is 1. The van der Waals surface area contributed by atoms with Crippen LogP contribution in [0.2, 0.25) is 0 Å². The molecule has 0 aromatic heterocycles. The molecule has 0 amide bonds. The molecule has 1 heterocycles. The Bertz CT molecular complexity index is 184. The second-order valence-corrected chi connectivity index (χ2v) is 6.20. The van der Waals surface area contributed by atoms with Crippen LogP contribution >= 0.6 is 11.8 Å². The molecule has 1 saturated carbocycles. The molecular formula is C12H22O2S. The van der Waals surface area contributed by atoms with Gasteiger partial charge < -0.3 is 9.84 Å². The Morgan fingerprint density at radius 3 is 2.47 bits per heavy atom. The van der Waals surface area contributed by atoms with Crippen LogP contribution in [0, 0.1) is 0 Å². The second-order valence-electron chi connectivity index (χ2n) is 4.91. The van der Waals surface area contributed by atoms with Gasteiger partial charge in [0, 0.05) is 24.2 Å². The third-order valence-electron chi connectivity index (χ3n) is 3.54. The normalized spacial score (nSPS) is 27.8. The topological polar surface area (TPSA) is 29.5 Å². The van der Waals surface area contributed by atoms with Gasteiger partial charge >= 0.3 is 0 Å². The highest BCUT2D eigenvalue weighted by Gasteiger charge is 2.30.